The van der Waals surface area contributed by atoms with E-state index >= 15 is 0 Å². The summed E-state index contributed by atoms with van der Waals surface area (Å²) in [5.41, 5.74) is 3.52. The van der Waals surface area contributed by atoms with Gasteiger partial charge < -0.3 is 19.3 Å². The summed E-state index contributed by atoms with van der Waals surface area (Å²) in [5.74, 6) is 1.59. The number of aryl methyl sites for hydroxylation is 1. The largest absolute Gasteiger partial charge is 0.452 e. The number of aliphatic imine (C=N–C) groups is 1. The number of hydrogen-bond acceptors (Lipinski definition) is 5. The lowest BCUT2D eigenvalue weighted by Gasteiger charge is -2.28. The molecule has 21 heavy (non-hydrogen) atoms. The quantitative estimate of drug-likeness (QED) is 0.795. The maximum atomic E-state index is 5.92. The number of ether oxygens (including phenoxy) is 2. The molecule has 0 bridgehead atoms. The summed E-state index contributed by atoms with van der Waals surface area (Å²) in [6.45, 7) is 6.18. The maximum absolute atomic E-state index is 5.92. The minimum atomic E-state index is -0.288. The molecule has 0 N–H and O–H groups in total. The van der Waals surface area contributed by atoms with E-state index in [1.54, 1.807) is 0 Å². The first kappa shape index (κ1) is 12.6. The van der Waals surface area contributed by atoms with Crippen molar-refractivity contribution in [3.05, 3.63) is 35.7 Å². The van der Waals surface area contributed by atoms with Gasteiger partial charge in [-0.3, -0.25) is 0 Å². The van der Waals surface area contributed by atoms with Gasteiger partial charge in [-0.25, -0.2) is 4.99 Å². The summed E-state index contributed by atoms with van der Waals surface area (Å²) in [7, 11) is 2.08. The second-order valence-electron chi connectivity index (χ2n) is 5.88. The Labute approximate surface area is 124 Å². The van der Waals surface area contributed by atoms with E-state index in [1.165, 1.54) is 11.3 Å². The Morgan fingerprint density at radius 2 is 1.95 bits per heavy atom. The van der Waals surface area contributed by atoms with Gasteiger partial charge >= 0.3 is 0 Å². The van der Waals surface area contributed by atoms with Crippen molar-refractivity contribution >= 4 is 11.6 Å². The fraction of sp³-hybridized carbons (Fsp3) is 0.438. The van der Waals surface area contributed by atoms with Gasteiger partial charge in [0.25, 0.3) is 6.29 Å². The van der Waals surface area contributed by atoms with E-state index in [0.717, 1.165) is 11.3 Å². The zero-order valence-electron chi connectivity index (χ0n) is 12.7. The Morgan fingerprint density at radius 1 is 1.14 bits per heavy atom. The van der Waals surface area contributed by atoms with E-state index in [2.05, 4.69) is 60.2 Å². The molecule has 0 saturated heterocycles. The Balaban J connectivity index is 1.74. The third kappa shape index (κ3) is 1.73. The van der Waals surface area contributed by atoms with Crippen LogP contribution >= 0.6 is 0 Å². The SMILES string of the molecule is CC1=NC2c3cc(C)c(N4C=CN(C)[C@@H]4C)cc3OC2O1. The molecule has 0 amide bonds. The molecular weight excluding hydrogens is 266 g/mol. The molecule has 1 aromatic rings. The highest BCUT2D eigenvalue weighted by Crippen LogP contribution is 2.45. The molecule has 3 aliphatic rings. The molecule has 110 valence electrons. The molecule has 0 spiro atoms. The van der Waals surface area contributed by atoms with Gasteiger partial charge in [0.05, 0.1) is 0 Å². The van der Waals surface area contributed by atoms with Gasteiger partial charge in [-0.2, -0.15) is 0 Å². The molecule has 0 aromatic heterocycles. The molecule has 3 aliphatic heterocycles. The molecular formula is C16H19N3O2. The zero-order valence-corrected chi connectivity index (χ0v) is 12.7. The van der Waals surface area contributed by atoms with Crippen LogP contribution in [0.15, 0.2) is 29.5 Å². The van der Waals surface area contributed by atoms with Gasteiger partial charge in [-0.05, 0) is 25.5 Å². The van der Waals surface area contributed by atoms with Gasteiger partial charge in [0.15, 0.2) is 11.9 Å². The van der Waals surface area contributed by atoms with E-state index < -0.39 is 0 Å². The highest BCUT2D eigenvalue weighted by molar-refractivity contribution is 5.76. The Morgan fingerprint density at radius 3 is 2.67 bits per heavy atom. The number of hydrogen-bond donors (Lipinski definition) is 0. The minimum absolute atomic E-state index is 0.0121. The monoisotopic (exact) mass is 285 g/mol. The van der Waals surface area contributed by atoms with Gasteiger partial charge in [-0.15, -0.1) is 0 Å². The van der Waals surface area contributed by atoms with Gasteiger partial charge in [0, 0.05) is 43.7 Å². The fourth-order valence-corrected chi connectivity index (χ4v) is 3.16. The van der Waals surface area contributed by atoms with Crippen molar-refractivity contribution in [2.75, 3.05) is 11.9 Å². The molecule has 4 rings (SSSR count). The number of rotatable bonds is 1. The van der Waals surface area contributed by atoms with Crippen LogP contribution in [0.5, 0.6) is 5.75 Å². The number of nitrogens with zero attached hydrogens (tertiary/aromatic N) is 3. The molecule has 5 nitrogen and oxygen atoms in total. The standard InChI is InChI=1S/C16H19N3O2/c1-9-7-12-14(21-16-15(12)17-10(2)20-16)8-13(9)19-6-5-18(4)11(19)3/h5-8,11,15-16H,1-4H3/t11-,15?,16?/m0/s1. The minimum Gasteiger partial charge on any atom is -0.452 e. The Kier molecular flexibility index (Phi) is 2.49. The van der Waals surface area contributed by atoms with Crippen molar-refractivity contribution in [1.82, 2.24) is 4.90 Å². The van der Waals surface area contributed by atoms with Crippen molar-refractivity contribution < 1.29 is 9.47 Å². The summed E-state index contributed by atoms with van der Waals surface area (Å²) < 4.78 is 11.5. The molecule has 0 saturated carbocycles. The summed E-state index contributed by atoms with van der Waals surface area (Å²) in [5, 5.41) is 0. The van der Waals surface area contributed by atoms with Crippen LogP contribution in [0.1, 0.15) is 31.0 Å². The number of fused-ring (bicyclic) bond motifs is 3. The van der Waals surface area contributed by atoms with Gasteiger partial charge in [-0.1, -0.05) is 0 Å². The molecule has 3 atom stereocenters. The first-order valence-electron chi connectivity index (χ1n) is 7.25. The van der Waals surface area contributed by atoms with E-state index in [-0.39, 0.29) is 12.3 Å². The van der Waals surface area contributed by atoms with Crippen molar-refractivity contribution in [2.24, 2.45) is 4.99 Å². The topological polar surface area (TPSA) is 37.3 Å². The molecule has 0 fully saturated rings. The van der Waals surface area contributed by atoms with Crippen molar-refractivity contribution in [1.29, 1.82) is 0 Å². The second-order valence-corrected chi connectivity index (χ2v) is 5.88. The third-order valence-corrected chi connectivity index (χ3v) is 4.49. The first-order valence-corrected chi connectivity index (χ1v) is 7.25. The number of anilines is 1. The summed E-state index contributed by atoms with van der Waals surface area (Å²) in [6, 6.07) is 4.28. The summed E-state index contributed by atoms with van der Waals surface area (Å²) in [6.07, 6.45) is 4.21. The van der Waals surface area contributed by atoms with Crippen LogP contribution in [0.4, 0.5) is 5.69 Å². The highest BCUT2D eigenvalue weighted by Gasteiger charge is 2.41. The Bertz CT molecular complexity index is 668. The van der Waals surface area contributed by atoms with E-state index in [9.17, 15) is 0 Å². The third-order valence-electron chi connectivity index (χ3n) is 4.49. The molecule has 5 heteroatoms. The molecule has 0 aliphatic carbocycles. The lowest BCUT2D eigenvalue weighted by molar-refractivity contribution is 0.0149. The van der Waals surface area contributed by atoms with Gasteiger partial charge in [0.1, 0.15) is 11.9 Å². The van der Waals surface area contributed by atoms with E-state index in [0.29, 0.717) is 12.1 Å². The average Bonchev–Trinajstić information content (AvgIpc) is 3.05. The predicted octanol–water partition coefficient (Wildman–Crippen LogP) is 2.77. The zero-order chi connectivity index (χ0) is 14.7. The number of benzene rings is 1. The van der Waals surface area contributed by atoms with Crippen LogP contribution in [0, 0.1) is 6.92 Å². The normalized spacial score (nSPS) is 29.1. The lowest BCUT2D eigenvalue weighted by atomic mass is 10.0. The summed E-state index contributed by atoms with van der Waals surface area (Å²) in [4.78, 5) is 8.95. The smallest absolute Gasteiger partial charge is 0.268 e. The van der Waals surface area contributed by atoms with Crippen LogP contribution < -0.4 is 9.64 Å². The van der Waals surface area contributed by atoms with E-state index in [1.807, 2.05) is 6.92 Å². The van der Waals surface area contributed by atoms with Crippen LogP contribution in [0.3, 0.4) is 0 Å². The molecule has 1 aromatic carbocycles. The maximum Gasteiger partial charge on any atom is 0.268 e. The van der Waals surface area contributed by atoms with Crippen molar-refractivity contribution in [2.45, 2.75) is 39.3 Å². The van der Waals surface area contributed by atoms with Crippen LogP contribution in [0.25, 0.3) is 0 Å². The lowest BCUT2D eigenvalue weighted by Crippen LogP contribution is -2.33. The summed E-state index contributed by atoms with van der Waals surface area (Å²) >= 11 is 0. The molecule has 2 unspecified atom stereocenters. The van der Waals surface area contributed by atoms with Crippen molar-refractivity contribution in [3.63, 3.8) is 0 Å². The Hall–Kier alpha value is -2.17. The van der Waals surface area contributed by atoms with Crippen LogP contribution in [-0.2, 0) is 4.74 Å². The first-order chi connectivity index (χ1) is 10.0. The average molecular weight is 285 g/mol. The van der Waals surface area contributed by atoms with Crippen LogP contribution in [0.2, 0.25) is 0 Å². The highest BCUT2D eigenvalue weighted by atomic mass is 16.7. The van der Waals surface area contributed by atoms with Crippen molar-refractivity contribution in [3.8, 4) is 5.75 Å². The van der Waals surface area contributed by atoms with Crippen LogP contribution in [-0.4, -0.2) is 30.3 Å². The predicted molar refractivity (Wildman–Crippen MR) is 81.4 cm³/mol. The van der Waals surface area contributed by atoms with E-state index in [4.69, 9.17) is 9.47 Å². The second kappa shape index (κ2) is 4.16. The molecule has 3 heterocycles. The fourth-order valence-electron chi connectivity index (χ4n) is 3.16. The molecule has 0 radical (unpaired) electrons. The van der Waals surface area contributed by atoms with Gasteiger partial charge in [0.2, 0.25) is 0 Å².